The van der Waals surface area contributed by atoms with Gasteiger partial charge in [0, 0.05) is 40.3 Å². The van der Waals surface area contributed by atoms with Gasteiger partial charge in [0.2, 0.25) is 11.8 Å². The summed E-state index contributed by atoms with van der Waals surface area (Å²) in [5.41, 5.74) is 0.143. The number of hydrogen-bond acceptors (Lipinski definition) is 10. The van der Waals surface area contributed by atoms with E-state index in [9.17, 15) is 19.2 Å². The fraction of sp³-hybridized carbons (Fsp3) is 0.372. The van der Waals surface area contributed by atoms with Gasteiger partial charge in [-0.15, -0.1) is 6.58 Å². The smallest absolute Gasteiger partial charge is 0.408 e. The molecule has 1 aliphatic heterocycles. The minimum absolute atomic E-state index is 0.0254. The van der Waals surface area contributed by atoms with Crippen LogP contribution in [-0.4, -0.2) is 90.3 Å². The molecular formula is C43H50N6O7S. The third kappa shape index (κ3) is 9.86. The van der Waals surface area contributed by atoms with Gasteiger partial charge in [0.25, 0.3) is 5.91 Å². The molecule has 1 saturated carbocycles. The molecule has 57 heavy (non-hydrogen) atoms. The number of hydrogen-bond donors (Lipinski definition) is 4. The number of amides is 4. The Hall–Kier alpha value is -5.60. The van der Waals surface area contributed by atoms with Crippen molar-refractivity contribution >= 4 is 46.7 Å². The molecule has 1 saturated heterocycles. The largest absolute Gasteiger partial charge is 0.497 e. The van der Waals surface area contributed by atoms with Gasteiger partial charge in [0.15, 0.2) is 0 Å². The molecule has 2 fully saturated rings. The highest BCUT2D eigenvalue weighted by Crippen LogP contribution is 2.45. The minimum atomic E-state index is -1.25. The lowest BCUT2D eigenvalue weighted by Gasteiger charge is -2.30. The summed E-state index contributed by atoms with van der Waals surface area (Å²) in [6.07, 6.45) is 0.936. The second-order valence-electron chi connectivity index (χ2n) is 15.2. The van der Waals surface area contributed by atoms with E-state index >= 15 is 0 Å². The third-order valence-electron chi connectivity index (χ3n) is 9.92. The van der Waals surface area contributed by atoms with Crippen LogP contribution in [0.4, 0.5) is 4.79 Å². The number of carbonyl (C=O) groups is 4. The number of pyridine rings is 1. The maximum Gasteiger partial charge on any atom is 0.408 e. The molecule has 6 rings (SSSR count). The van der Waals surface area contributed by atoms with Gasteiger partial charge in [-0.3, -0.25) is 19.1 Å². The molecule has 1 aromatic heterocycles. The number of fused-ring (bicyclic) bond motifs is 1. The summed E-state index contributed by atoms with van der Waals surface area (Å²) in [7, 11) is 3.33. The van der Waals surface area contributed by atoms with Crippen molar-refractivity contribution in [3.8, 4) is 22.8 Å². The maximum atomic E-state index is 14.6. The quantitative estimate of drug-likeness (QED) is 0.0876. The minimum Gasteiger partial charge on any atom is -0.497 e. The average Bonchev–Trinajstić information content (AvgIpc) is 3.76. The molecule has 0 radical (unpaired) electrons. The molecular weight excluding hydrogens is 745 g/mol. The summed E-state index contributed by atoms with van der Waals surface area (Å²) < 4.78 is 20.6. The molecule has 5 unspecified atom stereocenters. The fourth-order valence-electron chi connectivity index (χ4n) is 6.93. The highest BCUT2D eigenvalue weighted by molar-refractivity contribution is 7.98. The first-order chi connectivity index (χ1) is 27.3. The number of aromatic nitrogens is 1. The van der Waals surface area contributed by atoms with E-state index in [4.69, 9.17) is 19.2 Å². The first-order valence-electron chi connectivity index (χ1n) is 19.0. The molecule has 1 aliphatic carbocycles. The zero-order valence-corrected chi connectivity index (χ0v) is 33.7. The Morgan fingerprint density at radius 2 is 1.75 bits per heavy atom. The Kier molecular flexibility index (Phi) is 12.7. The molecule has 5 atom stereocenters. The van der Waals surface area contributed by atoms with E-state index in [0.29, 0.717) is 35.7 Å². The fourth-order valence-corrected chi connectivity index (χ4v) is 7.62. The maximum absolute atomic E-state index is 14.6. The van der Waals surface area contributed by atoms with Crippen LogP contribution in [0.5, 0.6) is 11.5 Å². The highest BCUT2D eigenvalue weighted by Gasteiger charge is 2.61. The molecule has 4 amide bonds. The summed E-state index contributed by atoms with van der Waals surface area (Å²) >= 11 is 1.16. The number of rotatable bonds is 15. The molecule has 0 bridgehead atoms. The van der Waals surface area contributed by atoms with Crippen LogP contribution in [0.1, 0.15) is 40.0 Å². The van der Waals surface area contributed by atoms with Crippen LogP contribution in [0.25, 0.3) is 22.2 Å². The van der Waals surface area contributed by atoms with Crippen molar-refractivity contribution < 1.29 is 33.4 Å². The zero-order chi connectivity index (χ0) is 40.7. The van der Waals surface area contributed by atoms with Gasteiger partial charge in [0.1, 0.15) is 40.8 Å². The van der Waals surface area contributed by atoms with Crippen molar-refractivity contribution in [1.29, 1.82) is 0 Å². The van der Waals surface area contributed by atoms with E-state index in [2.05, 4.69) is 27.3 Å². The van der Waals surface area contributed by atoms with Gasteiger partial charge in [-0.2, -0.15) is 0 Å². The monoisotopic (exact) mass is 794 g/mol. The van der Waals surface area contributed by atoms with Crippen LogP contribution < -0.4 is 30.1 Å². The second kappa shape index (κ2) is 17.7. The topological polar surface area (TPSA) is 160 Å². The number of ether oxygens (including phenoxy) is 3. The predicted molar refractivity (Wildman–Crippen MR) is 220 cm³/mol. The number of carbonyl (C=O) groups excluding carboxylic acids is 4. The SMILES string of the molecule is C=CC1CC1(NC(=O)C1CC(Oc2cc(-c3ccccc3)nc3cc(OC)ccc23)CN1C(=O)C(CCNC)NC(=O)OC(C)(C)C)C(=O)NSc1ccccc1. The lowest BCUT2D eigenvalue weighted by atomic mass is 10.1. The van der Waals surface area contributed by atoms with Crippen LogP contribution in [-0.2, 0) is 19.1 Å². The average molecular weight is 795 g/mol. The van der Waals surface area contributed by atoms with Gasteiger partial charge >= 0.3 is 6.09 Å². The van der Waals surface area contributed by atoms with Gasteiger partial charge < -0.3 is 35.1 Å². The van der Waals surface area contributed by atoms with Crippen LogP contribution >= 0.6 is 11.9 Å². The van der Waals surface area contributed by atoms with Gasteiger partial charge in [-0.05, 0) is 83.4 Å². The van der Waals surface area contributed by atoms with Crippen LogP contribution in [0.2, 0.25) is 0 Å². The lowest BCUT2D eigenvalue weighted by Crippen LogP contribution is -2.57. The van der Waals surface area contributed by atoms with Gasteiger partial charge in [-0.25, -0.2) is 9.78 Å². The van der Waals surface area contributed by atoms with E-state index in [1.807, 2.05) is 84.9 Å². The van der Waals surface area contributed by atoms with Crippen molar-refractivity contribution in [2.75, 3.05) is 27.2 Å². The Bertz CT molecular complexity index is 2100. The zero-order valence-electron chi connectivity index (χ0n) is 32.9. The molecule has 4 N–H and O–H groups in total. The molecule has 2 aliphatic rings. The summed E-state index contributed by atoms with van der Waals surface area (Å²) in [6, 6.07) is 24.4. The molecule has 300 valence electrons. The predicted octanol–water partition coefficient (Wildman–Crippen LogP) is 5.65. The van der Waals surface area contributed by atoms with Gasteiger partial charge in [-0.1, -0.05) is 54.6 Å². The van der Waals surface area contributed by atoms with Crippen LogP contribution in [0.3, 0.4) is 0 Å². The first kappa shape index (κ1) is 41.0. The Morgan fingerprint density at radius 1 is 1.04 bits per heavy atom. The molecule has 2 heterocycles. The molecule has 3 aromatic carbocycles. The summed E-state index contributed by atoms with van der Waals surface area (Å²) in [6.45, 7) is 9.53. The van der Waals surface area contributed by atoms with Crippen molar-refractivity contribution in [1.82, 2.24) is 30.6 Å². The third-order valence-corrected chi connectivity index (χ3v) is 10.7. The highest BCUT2D eigenvalue weighted by atomic mass is 32.2. The number of likely N-dealkylation sites (tertiary alicyclic amines) is 1. The van der Waals surface area contributed by atoms with Crippen molar-refractivity contribution in [2.45, 2.75) is 74.3 Å². The number of alkyl carbamates (subject to hydrolysis) is 1. The second-order valence-corrected chi connectivity index (χ2v) is 16.1. The molecule has 4 aromatic rings. The Labute approximate surface area is 337 Å². The van der Waals surface area contributed by atoms with E-state index < -0.39 is 47.2 Å². The number of nitrogens with zero attached hydrogens (tertiary/aromatic N) is 2. The van der Waals surface area contributed by atoms with E-state index in [1.54, 1.807) is 41.0 Å². The van der Waals surface area contributed by atoms with Crippen molar-refractivity contribution in [3.05, 3.63) is 97.6 Å². The molecule has 14 heteroatoms. The number of nitrogens with one attached hydrogen (secondary N) is 4. The standard InChI is InChI=1S/C43H50N6O7S/c1-7-28-25-43(28,40(52)48-57-31-16-12-9-13-17-31)47-38(50)36-23-30(26-49(36)39(51)33(20-21-44-5)46-41(53)56-42(2,3)4)55-37-24-34(27-14-10-8-11-15-27)45-35-22-29(54-6)18-19-32(35)37/h7-19,22,24,28,30,33,36,44H,1,20-21,23,25-26H2,2-6H3,(H,46,53)(H,47,50)(H,48,52). The lowest BCUT2D eigenvalue weighted by molar-refractivity contribution is -0.141. The summed E-state index contributed by atoms with van der Waals surface area (Å²) in [4.78, 5) is 63.0. The number of methoxy groups -OCH3 is 1. The van der Waals surface area contributed by atoms with Gasteiger partial charge in [0.05, 0.1) is 24.9 Å². The summed E-state index contributed by atoms with van der Waals surface area (Å²) in [5.74, 6) is -0.540. The van der Waals surface area contributed by atoms with Crippen LogP contribution in [0.15, 0.2) is 102 Å². The van der Waals surface area contributed by atoms with E-state index in [-0.39, 0.29) is 31.2 Å². The Morgan fingerprint density at radius 3 is 2.40 bits per heavy atom. The molecule has 0 spiro atoms. The Balaban J connectivity index is 1.31. The first-order valence-corrected chi connectivity index (χ1v) is 19.8. The van der Waals surface area contributed by atoms with Crippen molar-refractivity contribution in [2.24, 2.45) is 5.92 Å². The number of benzene rings is 3. The normalized spacial score (nSPS) is 20.6. The summed E-state index contributed by atoms with van der Waals surface area (Å²) in [5, 5.41) is 9.50. The van der Waals surface area contributed by atoms with Crippen LogP contribution in [0, 0.1) is 5.92 Å². The molecule has 13 nitrogen and oxygen atoms in total. The van der Waals surface area contributed by atoms with E-state index in [1.165, 1.54) is 4.90 Å². The van der Waals surface area contributed by atoms with E-state index in [0.717, 1.165) is 27.8 Å². The van der Waals surface area contributed by atoms with Crippen molar-refractivity contribution in [3.63, 3.8) is 0 Å².